The first-order valence-electron chi connectivity index (χ1n) is 38.9. The van der Waals surface area contributed by atoms with E-state index in [2.05, 4.69) is 90.6 Å². The van der Waals surface area contributed by atoms with Gasteiger partial charge in [0.1, 0.15) is 45.3 Å². The summed E-state index contributed by atoms with van der Waals surface area (Å²) in [6.07, 6.45) is 24.2. The first-order chi connectivity index (χ1) is 58.8. The highest BCUT2D eigenvalue weighted by molar-refractivity contribution is 6.35. The van der Waals surface area contributed by atoms with Crippen LogP contribution in [0.15, 0.2) is 220 Å². The maximum absolute atomic E-state index is 12.7. The first-order valence-corrected chi connectivity index (χ1v) is 39.2. The Hall–Kier alpha value is -14.1. The Morgan fingerprint density at radius 3 is 1.08 bits per heavy atom. The topological polar surface area (TPSA) is 261 Å². The molecular weight excluding hydrogens is 1560 g/mol. The van der Waals surface area contributed by atoms with Gasteiger partial charge in [-0.1, -0.05) is 17.7 Å². The Morgan fingerprint density at radius 2 is 0.736 bits per heavy atom. The number of hydrogen-bond donors (Lipinski definition) is 0. The predicted octanol–water partition coefficient (Wildman–Crippen LogP) is 18.1. The van der Waals surface area contributed by atoms with E-state index in [4.69, 9.17) is 64.7 Å². The summed E-state index contributed by atoms with van der Waals surface area (Å²) >= 11 is 6.63. The maximum Gasteiger partial charge on any atom is 0.387 e. The molecule has 0 unspecified atom stereocenters. The van der Waals surface area contributed by atoms with Crippen molar-refractivity contribution in [3.8, 4) is 85.3 Å². The molecule has 0 radical (unpaired) electrons. The summed E-state index contributed by atoms with van der Waals surface area (Å²) in [6.45, 7) is 4.79. The zero-order valence-electron chi connectivity index (χ0n) is 69.2. The molecule has 0 amide bonds. The van der Waals surface area contributed by atoms with Crippen molar-refractivity contribution in [3.63, 3.8) is 0 Å². The molecule has 121 heavy (non-hydrogen) atoms. The molecule has 1 aliphatic rings. The highest BCUT2D eigenvalue weighted by Gasteiger charge is 2.27. The molecule has 17 rings (SSSR count). The van der Waals surface area contributed by atoms with Gasteiger partial charge in [0.15, 0.2) is 0 Å². The van der Waals surface area contributed by atoms with Crippen molar-refractivity contribution in [1.29, 1.82) is 0 Å². The number of benzene rings is 8. The molecule has 0 N–H and O–H groups in total. The molecule has 0 aliphatic heterocycles. The molecule has 8 aromatic heterocycles. The third-order valence-electron chi connectivity index (χ3n) is 20.0. The van der Waals surface area contributed by atoms with E-state index in [9.17, 15) is 8.78 Å². The first kappa shape index (κ1) is 83.4. The number of halogens is 3. The number of aromatic nitrogens is 16. The average molecular weight is 1650 g/mol. The van der Waals surface area contributed by atoms with Gasteiger partial charge in [0.25, 0.3) is 0 Å². The quantitative estimate of drug-likeness (QED) is 0.0463. The van der Waals surface area contributed by atoms with Crippen molar-refractivity contribution in [3.05, 3.63) is 225 Å². The van der Waals surface area contributed by atoms with Gasteiger partial charge in [0, 0.05) is 203 Å². The van der Waals surface area contributed by atoms with Gasteiger partial charge >= 0.3 is 6.61 Å². The number of alkyl halides is 2. The Labute approximate surface area is 703 Å². The van der Waals surface area contributed by atoms with Gasteiger partial charge in [-0.25, -0.2) is 19.9 Å². The van der Waals surface area contributed by atoms with Crippen molar-refractivity contribution in [2.75, 3.05) is 102 Å². The van der Waals surface area contributed by atoms with E-state index in [1.54, 1.807) is 136 Å². The van der Waals surface area contributed by atoms with Crippen LogP contribution in [-0.2, 0) is 32.9 Å². The molecule has 0 bridgehead atoms. The van der Waals surface area contributed by atoms with Gasteiger partial charge in [-0.3, -0.25) is 38.7 Å². The highest BCUT2D eigenvalue weighted by atomic mass is 35.5. The molecule has 16 aromatic rings. The summed E-state index contributed by atoms with van der Waals surface area (Å²) < 4.78 is 74.9. The van der Waals surface area contributed by atoms with Crippen LogP contribution in [0.5, 0.6) is 40.2 Å². The van der Waals surface area contributed by atoms with Crippen LogP contribution in [0.3, 0.4) is 0 Å². The minimum atomic E-state index is -2.85. The standard InChI is InChI=1S/C23H21F2N5O.C23H25N5O3.C22H22ClN5O2.C22H23N5O2/c1-29-14-16(11-27-29)22-12-26-20-8-7-18(10-21(20)28-22)30(13-15-5-6-15)17-3-2-4-19(9-17)31-23(24)25;1-27-15-16(13-25-27)23-14-24-21-6-5-17(11-22(21)26-23)28(7-8-29-2)18-9-19(30-3)12-20(10-18)31-4;1-5-28(20-9-16(29-3)10-21(30-4)22(20)23)15-6-7-17-18(8-15)26-19(12-24-17)14-11-25-27(2)13-14;1-5-27(17-8-18(28-3)11-19(9-17)29-4)16-6-7-20-21(10-16)25-22(13-23-20)15-12-24-26(2)14-15/h2-4,7-12,14-15,23H,5-6,13H2,1H3;5-6,9-15H,7-8H2,1-4H3;6-13H,5H2,1-4H3;6-14H,5H2,1-4H3. The molecule has 620 valence electrons. The van der Waals surface area contributed by atoms with E-state index < -0.39 is 6.61 Å². The van der Waals surface area contributed by atoms with Crippen LogP contribution in [0, 0.1) is 5.92 Å². The van der Waals surface area contributed by atoms with Crippen LogP contribution < -0.4 is 52.8 Å². The molecule has 8 aromatic carbocycles. The average Bonchev–Trinajstić information content (AvgIpc) is 1.68. The zero-order valence-corrected chi connectivity index (χ0v) is 70.0. The third-order valence-corrected chi connectivity index (χ3v) is 20.4. The van der Waals surface area contributed by atoms with Crippen LogP contribution in [0.25, 0.3) is 89.2 Å². The van der Waals surface area contributed by atoms with Gasteiger partial charge in [0.05, 0.1) is 171 Å². The van der Waals surface area contributed by atoms with Gasteiger partial charge < -0.3 is 57.5 Å². The number of ether oxygens (including phenoxy) is 8. The van der Waals surface area contributed by atoms with Crippen LogP contribution in [0.2, 0.25) is 5.02 Å². The Balaban J connectivity index is 0.000000132. The van der Waals surface area contributed by atoms with E-state index in [1.165, 1.54) is 18.9 Å². The third kappa shape index (κ3) is 20.0. The summed E-state index contributed by atoms with van der Waals surface area (Å²) in [4.78, 5) is 46.0. The summed E-state index contributed by atoms with van der Waals surface area (Å²) in [5.74, 6) is 4.89. The van der Waals surface area contributed by atoms with Gasteiger partial charge in [-0.2, -0.15) is 29.2 Å². The SMILES string of the molecule is CCN(c1cc(OC)cc(OC)c1)c1ccc2ncc(-c3cnn(C)c3)nc2c1.CCN(c1ccc2ncc(-c3cnn(C)c3)nc2c1)c1cc(OC)cc(OC)c1Cl.COCCN(c1cc(OC)cc(OC)c1)c1ccc2ncc(-c3cnn(C)c3)nc2c1.Cn1cc(-c2cnc3ccc(N(CC4CC4)c4cccc(OC(F)F)c4)cc3n2)cn1. The Bertz CT molecular complexity index is 6240. The number of rotatable bonds is 27. The Morgan fingerprint density at radius 1 is 0.380 bits per heavy atom. The largest absolute Gasteiger partial charge is 0.497 e. The molecule has 1 aliphatic carbocycles. The predicted molar refractivity (Wildman–Crippen MR) is 468 cm³/mol. The second-order valence-electron chi connectivity index (χ2n) is 28.2. The molecule has 31 heteroatoms. The lowest BCUT2D eigenvalue weighted by atomic mass is 10.2. The van der Waals surface area contributed by atoms with Gasteiger partial charge in [-0.05, 0) is 118 Å². The molecule has 1 saturated carbocycles. The van der Waals surface area contributed by atoms with Crippen molar-refractivity contribution >= 4 is 101 Å². The van der Waals surface area contributed by atoms with E-state index >= 15 is 0 Å². The van der Waals surface area contributed by atoms with Crippen molar-refractivity contribution in [2.45, 2.75) is 33.3 Å². The zero-order chi connectivity index (χ0) is 84.8. The summed E-state index contributed by atoms with van der Waals surface area (Å²) in [6, 6.07) is 46.2. The molecule has 0 spiro atoms. The lowest BCUT2D eigenvalue weighted by molar-refractivity contribution is -0.0498. The molecule has 0 atom stereocenters. The smallest absolute Gasteiger partial charge is 0.387 e. The van der Waals surface area contributed by atoms with Crippen LogP contribution in [0.1, 0.15) is 26.7 Å². The number of fused-ring (bicyclic) bond motifs is 4. The number of nitrogens with zero attached hydrogens (tertiary/aromatic N) is 20. The van der Waals surface area contributed by atoms with E-state index in [0.29, 0.717) is 42.1 Å². The second-order valence-corrected chi connectivity index (χ2v) is 28.6. The van der Waals surface area contributed by atoms with Crippen molar-refractivity contribution < 1.29 is 46.7 Å². The molecule has 1 fully saturated rings. The van der Waals surface area contributed by atoms with E-state index in [1.807, 2.05) is 162 Å². The summed E-state index contributed by atoms with van der Waals surface area (Å²) in [5, 5.41) is 17.4. The number of aryl methyl sites for hydroxylation is 4. The van der Waals surface area contributed by atoms with E-state index in [-0.39, 0.29) is 5.75 Å². The van der Waals surface area contributed by atoms with Crippen LogP contribution in [-0.4, -0.2) is 168 Å². The highest BCUT2D eigenvalue weighted by Crippen LogP contribution is 2.44. The Kier molecular flexibility index (Phi) is 26.2. The van der Waals surface area contributed by atoms with Crippen LogP contribution >= 0.6 is 11.6 Å². The maximum atomic E-state index is 12.7. The van der Waals surface area contributed by atoms with Crippen molar-refractivity contribution in [2.24, 2.45) is 34.1 Å². The fraction of sp³-hybridized carbons (Fsp3) is 0.244. The minimum absolute atomic E-state index is 0.146. The molecule has 0 saturated heterocycles. The minimum Gasteiger partial charge on any atom is -0.497 e. The fourth-order valence-electron chi connectivity index (χ4n) is 13.7. The second kappa shape index (κ2) is 38.1. The van der Waals surface area contributed by atoms with E-state index in [0.717, 1.165) is 171 Å². The molecule has 8 heterocycles. The number of hydrogen-bond acceptors (Lipinski definition) is 24. The number of methoxy groups -OCH3 is 7. The normalized spacial score (nSPS) is 11.6. The summed E-state index contributed by atoms with van der Waals surface area (Å²) in [5.41, 5.74) is 20.7. The lowest BCUT2D eigenvalue weighted by Crippen LogP contribution is -2.22. The lowest BCUT2D eigenvalue weighted by Gasteiger charge is -2.26. The monoisotopic (exact) mass is 1650 g/mol. The molecule has 28 nitrogen and oxygen atoms in total. The fourth-order valence-corrected chi connectivity index (χ4v) is 14.0. The van der Waals surface area contributed by atoms with Gasteiger partial charge in [0.2, 0.25) is 0 Å². The van der Waals surface area contributed by atoms with Crippen LogP contribution in [0.4, 0.5) is 54.3 Å². The van der Waals surface area contributed by atoms with Crippen molar-refractivity contribution in [1.82, 2.24) is 79.0 Å². The number of anilines is 8. The summed E-state index contributed by atoms with van der Waals surface area (Å²) in [7, 11) is 19.0. The van der Waals surface area contributed by atoms with Gasteiger partial charge in [-0.15, -0.1) is 0 Å². The molecular formula is C90H91ClF2N20O8.